The quantitative estimate of drug-likeness (QED) is 0.489. The summed E-state index contributed by atoms with van der Waals surface area (Å²) in [5.74, 6) is -0.167. The smallest absolute Gasteiger partial charge is 0.261 e. The summed E-state index contributed by atoms with van der Waals surface area (Å²) in [5.41, 5.74) is 4.45. The number of nitrogens with zero attached hydrogens (tertiary/aromatic N) is 3. The number of aryl methyl sites for hydroxylation is 2. The third kappa shape index (κ3) is 3.91. The zero-order chi connectivity index (χ0) is 20.3. The molecule has 1 N–H and O–H groups in total. The fraction of sp³-hybridized carbons (Fsp3) is 0.208. The number of anilines is 1. The lowest BCUT2D eigenvalue weighted by Crippen LogP contribution is -2.12. The van der Waals surface area contributed by atoms with Crippen LogP contribution in [0.25, 0.3) is 11.3 Å². The Morgan fingerprint density at radius 2 is 1.73 bits per heavy atom. The first-order valence-electron chi connectivity index (χ1n) is 10.2. The highest BCUT2D eigenvalue weighted by Gasteiger charge is 2.21. The Morgan fingerprint density at radius 3 is 2.50 bits per heavy atom. The van der Waals surface area contributed by atoms with Gasteiger partial charge in [-0.3, -0.25) is 14.8 Å². The maximum absolute atomic E-state index is 13.2. The molecule has 0 spiro atoms. The zero-order valence-electron chi connectivity index (χ0n) is 16.5. The SMILES string of the molecule is O=C(Nc1nc2c(s1)CCCC2)c1cn(Cc2ccccc2)nc1-c1ccccc1. The normalized spacial score (nSPS) is 13.1. The molecule has 0 radical (unpaired) electrons. The van der Waals surface area contributed by atoms with Crippen LogP contribution >= 0.6 is 11.3 Å². The minimum atomic E-state index is -0.167. The lowest BCUT2D eigenvalue weighted by atomic mass is 10.0. The number of nitrogens with one attached hydrogen (secondary N) is 1. The largest absolute Gasteiger partial charge is 0.298 e. The molecule has 0 bridgehead atoms. The standard InChI is InChI=1S/C24H22N4OS/c29-23(26-24-25-20-13-7-8-14-21(20)30-24)19-16-28(15-17-9-3-1-4-10-17)27-22(19)18-11-5-2-6-12-18/h1-6,9-12,16H,7-8,13-15H2,(H,25,26,29). The van der Waals surface area contributed by atoms with Gasteiger partial charge in [-0.25, -0.2) is 4.98 Å². The number of hydrogen-bond acceptors (Lipinski definition) is 4. The van der Waals surface area contributed by atoms with E-state index in [1.807, 2.05) is 59.4 Å². The first kappa shape index (κ1) is 18.8. The molecule has 0 unspecified atom stereocenters. The van der Waals surface area contributed by atoms with Gasteiger partial charge in [0.2, 0.25) is 0 Å². The van der Waals surface area contributed by atoms with Crippen LogP contribution in [0.5, 0.6) is 0 Å². The Labute approximate surface area is 179 Å². The molecule has 2 aromatic carbocycles. The van der Waals surface area contributed by atoms with E-state index >= 15 is 0 Å². The highest BCUT2D eigenvalue weighted by atomic mass is 32.1. The summed E-state index contributed by atoms with van der Waals surface area (Å²) in [6.07, 6.45) is 6.28. The lowest BCUT2D eigenvalue weighted by molar-refractivity contribution is 0.102. The van der Waals surface area contributed by atoms with Crippen LogP contribution in [0, 0.1) is 0 Å². The molecule has 1 amide bonds. The Bertz CT molecular complexity index is 1140. The van der Waals surface area contributed by atoms with E-state index < -0.39 is 0 Å². The second kappa shape index (κ2) is 8.24. The number of thiazole rings is 1. The summed E-state index contributed by atoms with van der Waals surface area (Å²) >= 11 is 1.60. The summed E-state index contributed by atoms with van der Waals surface area (Å²) in [6, 6.07) is 20.0. The van der Waals surface area contributed by atoms with Crippen molar-refractivity contribution in [2.45, 2.75) is 32.2 Å². The van der Waals surface area contributed by atoms with Crippen molar-refractivity contribution in [3.63, 3.8) is 0 Å². The van der Waals surface area contributed by atoms with E-state index in [9.17, 15) is 4.79 Å². The predicted octanol–water partition coefficient (Wildman–Crippen LogP) is 5.19. The zero-order valence-corrected chi connectivity index (χ0v) is 17.4. The minimum absolute atomic E-state index is 0.167. The van der Waals surface area contributed by atoms with Crippen LogP contribution in [0.4, 0.5) is 5.13 Å². The van der Waals surface area contributed by atoms with E-state index in [-0.39, 0.29) is 5.91 Å². The first-order valence-corrected chi connectivity index (χ1v) is 11.0. The fourth-order valence-electron chi connectivity index (χ4n) is 3.82. The van der Waals surface area contributed by atoms with Crippen LogP contribution in [0.2, 0.25) is 0 Å². The van der Waals surface area contributed by atoms with E-state index in [4.69, 9.17) is 5.10 Å². The lowest BCUT2D eigenvalue weighted by Gasteiger charge is -2.06. The molecule has 2 aromatic heterocycles. The molecule has 0 saturated heterocycles. The van der Waals surface area contributed by atoms with Crippen LogP contribution in [-0.2, 0) is 19.4 Å². The van der Waals surface area contributed by atoms with Crippen LogP contribution in [0.1, 0.15) is 39.3 Å². The molecule has 0 fully saturated rings. The van der Waals surface area contributed by atoms with Gasteiger partial charge in [0.25, 0.3) is 5.91 Å². The minimum Gasteiger partial charge on any atom is -0.298 e. The van der Waals surface area contributed by atoms with Gasteiger partial charge < -0.3 is 0 Å². The van der Waals surface area contributed by atoms with Crippen LogP contribution in [-0.4, -0.2) is 20.7 Å². The third-order valence-corrected chi connectivity index (χ3v) is 6.38. The second-order valence-electron chi connectivity index (χ2n) is 7.49. The van der Waals surface area contributed by atoms with Gasteiger partial charge in [0.15, 0.2) is 5.13 Å². The third-order valence-electron chi connectivity index (χ3n) is 5.31. The molecule has 5 nitrogen and oxygen atoms in total. The van der Waals surface area contributed by atoms with Gasteiger partial charge in [-0.1, -0.05) is 60.7 Å². The van der Waals surface area contributed by atoms with Crippen LogP contribution < -0.4 is 5.32 Å². The van der Waals surface area contributed by atoms with Crippen molar-refractivity contribution in [3.8, 4) is 11.3 Å². The van der Waals surface area contributed by atoms with Crippen LogP contribution in [0.15, 0.2) is 66.9 Å². The molecule has 4 aromatic rings. The summed E-state index contributed by atoms with van der Waals surface area (Å²) < 4.78 is 1.83. The Kier molecular flexibility index (Phi) is 5.15. The first-order chi connectivity index (χ1) is 14.8. The number of aromatic nitrogens is 3. The van der Waals surface area contributed by atoms with Gasteiger partial charge in [0.05, 0.1) is 17.8 Å². The van der Waals surface area contributed by atoms with E-state index in [1.165, 1.54) is 17.7 Å². The average Bonchev–Trinajstić information content (AvgIpc) is 3.39. The van der Waals surface area contributed by atoms with Gasteiger partial charge in [0, 0.05) is 16.6 Å². The van der Waals surface area contributed by atoms with Crippen molar-refractivity contribution >= 4 is 22.4 Å². The van der Waals surface area contributed by atoms with E-state index in [0.717, 1.165) is 29.7 Å². The highest BCUT2D eigenvalue weighted by molar-refractivity contribution is 7.15. The molecule has 0 atom stereocenters. The van der Waals surface area contributed by atoms with Crippen molar-refractivity contribution in [3.05, 3.63) is 88.6 Å². The second-order valence-corrected chi connectivity index (χ2v) is 8.57. The Morgan fingerprint density at radius 1 is 1.00 bits per heavy atom. The molecule has 1 aliphatic carbocycles. The molecule has 5 rings (SSSR count). The topological polar surface area (TPSA) is 59.8 Å². The number of benzene rings is 2. The number of carbonyl (C=O) groups excluding carboxylic acids is 1. The van der Waals surface area contributed by atoms with E-state index in [1.54, 1.807) is 11.3 Å². The van der Waals surface area contributed by atoms with Gasteiger partial charge in [0.1, 0.15) is 5.69 Å². The molecular formula is C24H22N4OS. The number of rotatable bonds is 5. The molecule has 150 valence electrons. The van der Waals surface area contributed by atoms with Crippen molar-refractivity contribution in [1.29, 1.82) is 0 Å². The van der Waals surface area contributed by atoms with Crippen LogP contribution in [0.3, 0.4) is 0 Å². The van der Waals surface area contributed by atoms with E-state index in [0.29, 0.717) is 22.9 Å². The van der Waals surface area contributed by atoms with Gasteiger partial charge >= 0.3 is 0 Å². The summed E-state index contributed by atoms with van der Waals surface area (Å²) in [7, 11) is 0. The maximum Gasteiger partial charge on any atom is 0.261 e. The monoisotopic (exact) mass is 414 g/mol. The average molecular weight is 415 g/mol. The molecule has 30 heavy (non-hydrogen) atoms. The van der Waals surface area contributed by atoms with E-state index in [2.05, 4.69) is 22.4 Å². The fourth-order valence-corrected chi connectivity index (χ4v) is 4.86. The number of hydrogen-bond donors (Lipinski definition) is 1. The summed E-state index contributed by atoms with van der Waals surface area (Å²) in [6.45, 7) is 0.611. The number of fused-ring (bicyclic) bond motifs is 1. The summed E-state index contributed by atoms with van der Waals surface area (Å²) in [5, 5.41) is 8.44. The molecule has 2 heterocycles. The molecule has 0 aliphatic heterocycles. The maximum atomic E-state index is 13.2. The predicted molar refractivity (Wildman–Crippen MR) is 120 cm³/mol. The van der Waals surface area contributed by atoms with Gasteiger partial charge in [-0.15, -0.1) is 11.3 Å². The van der Waals surface area contributed by atoms with Crippen molar-refractivity contribution < 1.29 is 4.79 Å². The van der Waals surface area contributed by atoms with Crippen molar-refractivity contribution in [2.75, 3.05) is 5.32 Å². The molecule has 0 saturated carbocycles. The molecule has 1 aliphatic rings. The number of carbonyl (C=O) groups is 1. The molecule has 6 heteroatoms. The molecular weight excluding hydrogens is 392 g/mol. The van der Waals surface area contributed by atoms with Crippen molar-refractivity contribution in [1.82, 2.24) is 14.8 Å². The van der Waals surface area contributed by atoms with Gasteiger partial charge in [-0.05, 0) is 31.2 Å². The summed E-state index contributed by atoms with van der Waals surface area (Å²) in [4.78, 5) is 19.1. The number of amides is 1. The van der Waals surface area contributed by atoms with Gasteiger partial charge in [-0.2, -0.15) is 5.10 Å². The highest BCUT2D eigenvalue weighted by Crippen LogP contribution is 2.30. The van der Waals surface area contributed by atoms with Crippen molar-refractivity contribution in [2.24, 2.45) is 0 Å². The Hall–Kier alpha value is -3.25. The Balaban J connectivity index is 1.46.